The van der Waals surface area contributed by atoms with Gasteiger partial charge in [-0.25, -0.2) is 9.07 Å². The quantitative estimate of drug-likeness (QED) is 0.553. The van der Waals surface area contributed by atoms with Crippen molar-refractivity contribution >= 4 is 11.6 Å². The van der Waals surface area contributed by atoms with Crippen molar-refractivity contribution in [1.29, 1.82) is 0 Å². The van der Waals surface area contributed by atoms with Crippen LogP contribution in [0, 0.1) is 5.82 Å². The molecule has 0 aliphatic rings. The predicted octanol–water partition coefficient (Wildman–Crippen LogP) is 4.54. The van der Waals surface area contributed by atoms with Gasteiger partial charge in [-0.3, -0.25) is 4.98 Å². The Labute approximate surface area is 160 Å². The molecule has 0 amide bonds. The molecule has 0 atom stereocenters. The molecule has 0 aliphatic heterocycles. The van der Waals surface area contributed by atoms with E-state index in [-0.39, 0.29) is 5.82 Å². The number of aromatic nitrogens is 4. The van der Waals surface area contributed by atoms with Crippen molar-refractivity contribution in [1.82, 2.24) is 19.9 Å². The second-order valence-electron chi connectivity index (χ2n) is 5.89. The lowest BCUT2D eigenvalue weighted by Crippen LogP contribution is -2.17. The highest BCUT2D eigenvalue weighted by Gasteiger charge is 2.15. The number of nitrogens with one attached hydrogen (secondary N) is 1. The Hall–Kier alpha value is -3.25. The van der Waals surface area contributed by atoms with Gasteiger partial charge in [0.05, 0.1) is 6.54 Å². The van der Waals surface area contributed by atoms with Gasteiger partial charge in [-0.2, -0.15) is 0 Å². The van der Waals surface area contributed by atoms with Gasteiger partial charge in [0.15, 0.2) is 11.6 Å². The van der Waals surface area contributed by atoms with Crippen LogP contribution in [0.15, 0.2) is 73.1 Å². The maximum atomic E-state index is 13.1. The molecule has 0 radical (unpaired) electrons. The zero-order valence-corrected chi connectivity index (χ0v) is 14.9. The van der Waals surface area contributed by atoms with Crippen LogP contribution in [0.5, 0.6) is 0 Å². The van der Waals surface area contributed by atoms with Crippen LogP contribution in [0.2, 0.25) is 5.02 Å². The van der Waals surface area contributed by atoms with Gasteiger partial charge in [0.2, 0.25) is 0 Å². The van der Waals surface area contributed by atoms with Crippen molar-refractivity contribution < 1.29 is 4.39 Å². The van der Waals surface area contributed by atoms with E-state index < -0.39 is 0 Å². The molecule has 0 unspecified atom stereocenters. The van der Waals surface area contributed by atoms with Crippen molar-refractivity contribution in [3.05, 3.63) is 89.5 Å². The van der Waals surface area contributed by atoms with E-state index >= 15 is 0 Å². The fourth-order valence-electron chi connectivity index (χ4n) is 2.68. The third-order valence-electron chi connectivity index (χ3n) is 4.06. The van der Waals surface area contributed by atoms with Crippen molar-refractivity contribution in [2.45, 2.75) is 6.54 Å². The summed E-state index contributed by atoms with van der Waals surface area (Å²) in [6, 6.07) is 17.5. The summed E-state index contributed by atoms with van der Waals surface area (Å²) in [6.07, 6.45) is 3.41. The molecule has 5 nitrogen and oxygen atoms in total. The Morgan fingerprint density at radius 2 is 1.41 bits per heavy atom. The summed E-state index contributed by atoms with van der Waals surface area (Å²) in [7, 11) is 0. The molecular weight excluding hydrogens is 365 g/mol. The SMILES string of the molecule is Fc1ccc(CNn2c(-c3ccncc3)nnc2-c2ccc(Cl)cc2)cc1. The van der Waals surface area contributed by atoms with Crippen LogP contribution in [0.1, 0.15) is 5.56 Å². The molecule has 0 spiro atoms. The standard InChI is InChI=1S/C20H15ClFN5/c21-17-5-3-15(4-6-17)19-25-26-20(16-9-11-23-12-10-16)27(19)24-13-14-1-7-18(22)8-2-14/h1-12,24H,13H2. The molecule has 134 valence electrons. The second kappa shape index (κ2) is 7.55. The summed E-state index contributed by atoms with van der Waals surface area (Å²) in [4.78, 5) is 4.05. The first-order valence-electron chi connectivity index (χ1n) is 8.31. The van der Waals surface area contributed by atoms with E-state index in [2.05, 4.69) is 20.6 Å². The molecule has 0 fully saturated rings. The van der Waals surface area contributed by atoms with Crippen LogP contribution in [0.3, 0.4) is 0 Å². The van der Waals surface area contributed by atoms with E-state index in [1.54, 1.807) is 24.5 Å². The maximum absolute atomic E-state index is 13.1. The van der Waals surface area contributed by atoms with Crippen molar-refractivity contribution in [2.24, 2.45) is 0 Å². The highest BCUT2D eigenvalue weighted by Crippen LogP contribution is 2.24. The number of benzene rings is 2. The van der Waals surface area contributed by atoms with Gasteiger partial charge in [-0.05, 0) is 54.1 Å². The number of pyridine rings is 1. The molecule has 0 saturated carbocycles. The molecule has 7 heteroatoms. The lowest BCUT2D eigenvalue weighted by atomic mass is 10.2. The largest absolute Gasteiger partial charge is 0.318 e. The summed E-state index contributed by atoms with van der Waals surface area (Å²) in [5.74, 6) is 1.05. The Morgan fingerprint density at radius 1 is 0.815 bits per heavy atom. The van der Waals surface area contributed by atoms with Gasteiger partial charge in [0.1, 0.15) is 5.82 Å². The molecule has 0 bridgehead atoms. The van der Waals surface area contributed by atoms with Crippen molar-refractivity contribution in [3.8, 4) is 22.8 Å². The smallest absolute Gasteiger partial charge is 0.183 e. The fourth-order valence-corrected chi connectivity index (χ4v) is 2.81. The lowest BCUT2D eigenvalue weighted by molar-refractivity contribution is 0.627. The van der Waals surface area contributed by atoms with Gasteiger partial charge in [-0.1, -0.05) is 23.7 Å². The minimum absolute atomic E-state index is 0.262. The average molecular weight is 380 g/mol. The molecule has 2 aromatic heterocycles. The normalized spacial score (nSPS) is 10.7. The fraction of sp³-hybridized carbons (Fsp3) is 0.0500. The van der Waals surface area contributed by atoms with E-state index in [1.165, 1.54) is 12.1 Å². The van der Waals surface area contributed by atoms with Crippen LogP contribution < -0.4 is 5.43 Å². The molecule has 0 saturated heterocycles. The predicted molar refractivity (Wildman–Crippen MR) is 103 cm³/mol. The minimum Gasteiger partial charge on any atom is -0.318 e. The van der Waals surface area contributed by atoms with Crippen molar-refractivity contribution in [2.75, 3.05) is 5.43 Å². The number of rotatable bonds is 5. The second-order valence-corrected chi connectivity index (χ2v) is 6.32. The third kappa shape index (κ3) is 3.80. The highest BCUT2D eigenvalue weighted by molar-refractivity contribution is 6.30. The maximum Gasteiger partial charge on any atom is 0.183 e. The highest BCUT2D eigenvalue weighted by atomic mass is 35.5. The van der Waals surface area contributed by atoms with E-state index in [9.17, 15) is 4.39 Å². The number of hydrogen-bond acceptors (Lipinski definition) is 4. The number of hydrogen-bond donors (Lipinski definition) is 1. The number of halogens is 2. The van der Waals surface area contributed by atoms with Gasteiger partial charge in [-0.15, -0.1) is 10.2 Å². The molecule has 27 heavy (non-hydrogen) atoms. The lowest BCUT2D eigenvalue weighted by Gasteiger charge is -2.13. The molecule has 4 rings (SSSR count). The van der Waals surface area contributed by atoms with Gasteiger partial charge in [0.25, 0.3) is 0 Å². The molecule has 2 aromatic carbocycles. The molecule has 1 N–H and O–H groups in total. The first-order valence-corrected chi connectivity index (χ1v) is 8.68. The van der Waals surface area contributed by atoms with Crippen LogP contribution in [0.25, 0.3) is 22.8 Å². The molecule has 4 aromatic rings. The zero-order chi connectivity index (χ0) is 18.6. The molecule has 2 heterocycles. The van der Waals surface area contributed by atoms with E-state index in [0.717, 1.165) is 16.7 Å². The Kier molecular flexibility index (Phi) is 4.80. The first-order chi connectivity index (χ1) is 13.2. The molecule has 0 aliphatic carbocycles. The van der Waals surface area contributed by atoms with E-state index in [0.29, 0.717) is 23.2 Å². The monoisotopic (exact) mass is 379 g/mol. The Balaban J connectivity index is 1.72. The summed E-state index contributed by atoms with van der Waals surface area (Å²) < 4.78 is 15.0. The van der Waals surface area contributed by atoms with Gasteiger partial charge in [0, 0.05) is 28.5 Å². The van der Waals surface area contributed by atoms with Crippen LogP contribution >= 0.6 is 11.6 Å². The Morgan fingerprint density at radius 3 is 2.04 bits per heavy atom. The van der Waals surface area contributed by atoms with Crippen LogP contribution in [-0.4, -0.2) is 19.9 Å². The van der Waals surface area contributed by atoms with E-state index in [4.69, 9.17) is 11.6 Å². The summed E-state index contributed by atoms with van der Waals surface area (Å²) in [6.45, 7) is 0.483. The summed E-state index contributed by atoms with van der Waals surface area (Å²) in [5.41, 5.74) is 6.02. The third-order valence-corrected chi connectivity index (χ3v) is 4.31. The number of nitrogens with zero attached hydrogens (tertiary/aromatic N) is 4. The Bertz CT molecular complexity index is 1030. The van der Waals surface area contributed by atoms with Gasteiger partial charge < -0.3 is 5.43 Å². The molecular formula is C20H15ClFN5. The van der Waals surface area contributed by atoms with Crippen molar-refractivity contribution in [3.63, 3.8) is 0 Å². The summed E-state index contributed by atoms with van der Waals surface area (Å²) >= 11 is 6.00. The first kappa shape index (κ1) is 17.2. The average Bonchev–Trinajstić information content (AvgIpc) is 3.13. The topological polar surface area (TPSA) is 55.6 Å². The summed E-state index contributed by atoms with van der Waals surface area (Å²) in [5, 5.41) is 9.34. The van der Waals surface area contributed by atoms with E-state index in [1.807, 2.05) is 41.1 Å². The van der Waals surface area contributed by atoms with Crippen LogP contribution in [0.4, 0.5) is 4.39 Å². The minimum atomic E-state index is -0.262. The van der Waals surface area contributed by atoms with Crippen LogP contribution in [-0.2, 0) is 6.54 Å². The van der Waals surface area contributed by atoms with Gasteiger partial charge >= 0.3 is 0 Å². The zero-order valence-electron chi connectivity index (χ0n) is 14.2.